The predicted molar refractivity (Wildman–Crippen MR) is 45.1 cm³/mol. The van der Waals surface area contributed by atoms with Gasteiger partial charge in [0.1, 0.15) is 0 Å². The van der Waals surface area contributed by atoms with Gasteiger partial charge in [-0.15, -0.1) is 0 Å². The molecule has 0 aliphatic heterocycles. The van der Waals surface area contributed by atoms with E-state index in [0.29, 0.717) is 12.8 Å². The van der Waals surface area contributed by atoms with Crippen molar-refractivity contribution in [3.8, 4) is 0 Å². The van der Waals surface area contributed by atoms with Crippen molar-refractivity contribution >= 4 is 22.6 Å². The van der Waals surface area contributed by atoms with Gasteiger partial charge in [0.2, 0.25) is 0 Å². The lowest BCUT2D eigenvalue weighted by molar-refractivity contribution is -0.0422. The van der Waals surface area contributed by atoms with E-state index in [1.807, 2.05) is 22.6 Å². The lowest BCUT2D eigenvalue weighted by Crippen LogP contribution is -2.43. The number of halogens is 1. The second-order valence-corrected chi connectivity index (χ2v) is 4.30. The van der Waals surface area contributed by atoms with Gasteiger partial charge < -0.3 is 15.3 Å². The summed E-state index contributed by atoms with van der Waals surface area (Å²) in [5, 5.41) is 27.4. The Bertz CT molecular complexity index is 108. The van der Waals surface area contributed by atoms with Crippen LogP contribution in [0.5, 0.6) is 0 Å². The highest BCUT2D eigenvalue weighted by Gasteiger charge is 2.33. The van der Waals surface area contributed by atoms with Crippen LogP contribution >= 0.6 is 22.6 Å². The van der Waals surface area contributed by atoms with Gasteiger partial charge in [-0.25, -0.2) is 0 Å². The van der Waals surface area contributed by atoms with Crippen LogP contribution in [0, 0.1) is 0 Å². The highest BCUT2D eigenvalue weighted by atomic mass is 127. The molecule has 0 amide bonds. The number of rotatable bonds is 0. The highest BCUT2D eigenvalue weighted by molar-refractivity contribution is 14.1. The monoisotopic (exact) mass is 258 g/mol. The second-order valence-electron chi connectivity index (χ2n) is 2.70. The summed E-state index contributed by atoms with van der Waals surface area (Å²) in [6.07, 6.45) is -0.964. The molecule has 1 saturated carbocycles. The predicted octanol–water partition coefficient (Wildman–Crippen LogP) is -0.334. The maximum absolute atomic E-state index is 9.20. The van der Waals surface area contributed by atoms with Crippen LogP contribution < -0.4 is 0 Å². The van der Waals surface area contributed by atoms with E-state index in [1.165, 1.54) is 0 Å². The van der Waals surface area contributed by atoms with Crippen molar-refractivity contribution in [2.75, 3.05) is 0 Å². The van der Waals surface area contributed by atoms with Crippen molar-refractivity contribution in [3.05, 3.63) is 0 Å². The number of hydrogen-bond acceptors (Lipinski definition) is 3. The molecule has 0 aromatic heterocycles. The third-order valence-corrected chi connectivity index (χ3v) is 3.02. The molecule has 0 spiro atoms. The summed E-state index contributed by atoms with van der Waals surface area (Å²) in [6.45, 7) is 0. The Morgan fingerprint density at radius 3 is 2.20 bits per heavy atom. The lowest BCUT2D eigenvalue weighted by Gasteiger charge is -2.31. The van der Waals surface area contributed by atoms with E-state index in [0.717, 1.165) is 0 Å². The average Bonchev–Trinajstić information content (AvgIpc) is 1.82. The summed E-state index contributed by atoms with van der Waals surface area (Å²) in [4.78, 5) is 0. The van der Waals surface area contributed by atoms with Crippen molar-refractivity contribution in [2.24, 2.45) is 0 Å². The molecule has 60 valence electrons. The second kappa shape index (κ2) is 3.34. The number of alkyl halides is 1. The summed E-state index contributed by atoms with van der Waals surface area (Å²) in [6, 6.07) is 0. The summed E-state index contributed by atoms with van der Waals surface area (Å²) >= 11 is 2.04. The molecule has 0 saturated heterocycles. The van der Waals surface area contributed by atoms with Crippen LogP contribution in [0.15, 0.2) is 0 Å². The van der Waals surface area contributed by atoms with Crippen LogP contribution in [0.2, 0.25) is 0 Å². The molecule has 3 N–H and O–H groups in total. The first-order valence-electron chi connectivity index (χ1n) is 3.29. The molecule has 4 unspecified atom stereocenters. The number of hydrogen-bond donors (Lipinski definition) is 3. The Hall–Kier alpha value is 0.610. The van der Waals surface area contributed by atoms with Gasteiger partial charge in [0.15, 0.2) is 0 Å². The Labute approximate surface area is 73.2 Å². The minimum absolute atomic E-state index is 0.0173. The summed E-state index contributed by atoms with van der Waals surface area (Å²) in [5.74, 6) is 0. The largest absolute Gasteiger partial charge is 0.393 e. The van der Waals surface area contributed by atoms with Crippen LogP contribution in [-0.4, -0.2) is 37.6 Å². The standard InChI is InChI=1S/C6H11IO3/c7-4-1-3(8)2-5(9)6(4)10/h3-6,8-10H,1-2H2. The minimum atomic E-state index is -0.745. The molecule has 0 radical (unpaired) electrons. The van der Waals surface area contributed by atoms with Gasteiger partial charge in [-0.2, -0.15) is 0 Å². The smallest absolute Gasteiger partial charge is 0.0918 e. The molecule has 3 nitrogen and oxygen atoms in total. The first kappa shape index (κ1) is 8.70. The van der Waals surface area contributed by atoms with Crippen molar-refractivity contribution in [3.63, 3.8) is 0 Å². The summed E-state index contributed by atoms with van der Waals surface area (Å²) in [7, 11) is 0. The van der Waals surface area contributed by atoms with Gasteiger partial charge in [0.05, 0.1) is 18.3 Å². The zero-order valence-corrected chi connectivity index (χ0v) is 7.60. The molecule has 1 fully saturated rings. The fourth-order valence-corrected chi connectivity index (χ4v) is 2.22. The van der Waals surface area contributed by atoms with E-state index in [4.69, 9.17) is 10.2 Å². The first-order valence-corrected chi connectivity index (χ1v) is 4.54. The van der Waals surface area contributed by atoms with Gasteiger partial charge in [0.25, 0.3) is 0 Å². The fraction of sp³-hybridized carbons (Fsp3) is 1.00. The van der Waals surface area contributed by atoms with Crippen LogP contribution in [0.25, 0.3) is 0 Å². The topological polar surface area (TPSA) is 60.7 Å². The Kier molecular flexibility index (Phi) is 2.91. The Morgan fingerprint density at radius 1 is 1.10 bits per heavy atom. The fourth-order valence-electron chi connectivity index (χ4n) is 1.15. The molecule has 4 heteroatoms. The molecule has 1 rings (SSSR count). The van der Waals surface area contributed by atoms with Crippen LogP contribution in [-0.2, 0) is 0 Å². The van der Waals surface area contributed by atoms with Gasteiger partial charge >= 0.3 is 0 Å². The van der Waals surface area contributed by atoms with Crippen molar-refractivity contribution in [2.45, 2.75) is 35.1 Å². The third-order valence-electron chi connectivity index (χ3n) is 1.78. The van der Waals surface area contributed by atoms with E-state index in [2.05, 4.69) is 0 Å². The van der Waals surface area contributed by atoms with E-state index < -0.39 is 18.3 Å². The summed E-state index contributed by atoms with van der Waals surface area (Å²) in [5.41, 5.74) is 0. The van der Waals surface area contributed by atoms with Crippen LogP contribution in [0.1, 0.15) is 12.8 Å². The number of aliphatic hydroxyl groups excluding tert-OH is 3. The normalized spacial score (nSPS) is 49.2. The molecule has 0 aromatic carbocycles. The van der Waals surface area contributed by atoms with Gasteiger partial charge in [-0.1, -0.05) is 22.6 Å². The Balaban J connectivity index is 2.49. The molecule has 10 heavy (non-hydrogen) atoms. The van der Waals surface area contributed by atoms with E-state index in [-0.39, 0.29) is 3.92 Å². The van der Waals surface area contributed by atoms with Crippen LogP contribution in [0.3, 0.4) is 0 Å². The van der Waals surface area contributed by atoms with E-state index >= 15 is 0 Å². The molecule has 4 atom stereocenters. The maximum Gasteiger partial charge on any atom is 0.0918 e. The number of aliphatic hydroxyl groups is 3. The Morgan fingerprint density at radius 2 is 1.70 bits per heavy atom. The maximum atomic E-state index is 9.20. The zero-order chi connectivity index (χ0) is 7.72. The van der Waals surface area contributed by atoms with Gasteiger partial charge in [-0.05, 0) is 6.42 Å². The highest BCUT2D eigenvalue weighted by Crippen LogP contribution is 2.25. The molecular formula is C6H11IO3. The summed E-state index contributed by atoms with van der Waals surface area (Å²) < 4.78 is -0.0173. The SMILES string of the molecule is OC1CC(O)C(O)C(I)C1. The minimum Gasteiger partial charge on any atom is -0.393 e. The molecule has 1 aliphatic carbocycles. The molecule has 1 aliphatic rings. The van der Waals surface area contributed by atoms with Gasteiger partial charge in [-0.3, -0.25) is 0 Å². The van der Waals surface area contributed by atoms with Crippen molar-refractivity contribution in [1.29, 1.82) is 0 Å². The first-order chi connectivity index (χ1) is 4.61. The lowest BCUT2D eigenvalue weighted by atomic mass is 9.93. The molecule has 0 aromatic rings. The van der Waals surface area contributed by atoms with E-state index in [9.17, 15) is 5.11 Å². The van der Waals surface area contributed by atoms with E-state index in [1.54, 1.807) is 0 Å². The van der Waals surface area contributed by atoms with Gasteiger partial charge in [0, 0.05) is 10.3 Å². The third kappa shape index (κ3) is 1.81. The quantitative estimate of drug-likeness (QED) is 0.412. The molecule has 0 heterocycles. The average molecular weight is 258 g/mol. The van der Waals surface area contributed by atoms with Crippen LogP contribution in [0.4, 0.5) is 0 Å². The van der Waals surface area contributed by atoms with Crippen molar-refractivity contribution < 1.29 is 15.3 Å². The van der Waals surface area contributed by atoms with Crippen molar-refractivity contribution in [1.82, 2.24) is 0 Å². The molecule has 0 bridgehead atoms. The molecular weight excluding hydrogens is 247 g/mol. The zero-order valence-electron chi connectivity index (χ0n) is 5.44.